The van der Waals surface area contributed by atoms with Crippen LogP contribution in [0.25, 0.3) is 11.3 Å². The lowest BCUT2D eigenvalue weighted by Crippen LogP contribution is -2.15. The zero-order valence-electron chi connectivity index (χ0n) is 12.8. The van der Waals surface area contributed by atoms with Crippen molar-refractivity contribution in [2.75, 3.05) is 13.2 Å². The number of carbonyl (C=O) groups excluding carboxylic acids is 2. The summed E-state index contributed by atoms with van der Waals surface area (Å²) in [5.74, 6) is 1.05. The largest absolute Gasteiger partial charge is 0.493 e. The molecule has 0 atom stereocenters. The lowest BCUT2D eigenvalue weighted by molar-refractivity contribution is 0.137. The van der Waals surface area contributed by atoms with Gasteiger partial charge in [-0.1, -0.05) is 5.16 Å². The summed E-state index contributed by atoms with van der Waals surface area (Å²) in [7, 11) is 0. The Kier molecular flexibility index (Phi) is 6.01. The molecule has 1 heterocycles. The second-order valence-electron chi connectivity index (χ2n) is 4.68. The molecule has 0 saturated heterocycles. The highest BCUT2D eigenvalue weighted by atomic mass is 16.6. The standard InChI is InChI=1S/C15H17N3O6/c16-14(19)22-7-1-6-21-11-4-2-10(3-5-11)13-8-12(24-18-13)9-23-15(17)20/h2-5,8H,1,6-7,9H2,(H2,16,19)(H2,17,20). The molecule has 2 rings (SSSR count). The van der Waals surface area contributed by atoms with Crippen LogP contribution in [-0.2, 0) is 16.1 Å². The zero-order valence-corrected chi connectivity index (χ0v) is 12.8. The molecular weight excluding hydrogens is 318 g/mol. The Bertz CT molecular complexity index is 683. The average Bonchev–Trinajstić information content (AvgIpc) is 3.02. The summed E-state index contributed by atoms with van der Waals surface area (Å²) in [6, 6.07) is 8.83. The SMILES string of the molecule is NC(=O)OCCCOc1ccc(-c2cc(COC(N)=O)on2)cc1. The van der Waals surface area contributed by atoms with E-state index in [4.69, 9.17) is 20.7 Å². The van der Waals surface area contributed by atoms with E-state index in [0.717, 1.165) is 5.56 Å². The van der Waals surface area contributed by atoms with Gasteiger partial charge >= 0.3 is 12.2 Å². The van der Waals surface area contributed by atoms with Gasteiger partial charge in [0.15, 0.2) is 12.4 Å². The summed E-state index contributed by atoms with van der Waals surface area (Å²) in [6.07, 6.45) is -1.14. The van der Waals surface area contributed by atoms with Crippen LogP contribution in [-0.4, -0.2) is 30.6 Å². The lowest BCUT2D eigenvalue weighted by atomic mass is 10.1. The third kappa shape index (κ3) is 5.52. The topological polar surface area (TPSA) is 140 Å². The van der Waals surface area contributed by atoms with E-state index in [2.05, 4.69) is 14.6 Å². The summed E-state index contributed by atoms with van der Waals surface area (Å²) < 4.78 is 19.8. The molecule has 0 aliphatic carbocycles. The molecule has 9 heteroatoms. The molecular formula is C15H17N3O6. The van der Waals surface area contributed by atoms with Crippen LogP contribution in [0.1, 0.15) is 12.2 Å². The van der Waals surface area contributed by atoms with E-state index in [1.807, 2.05) is 12.1 Å². The fraction of sp³-hybridized carbons (Fsp3) is 0.267. The number of carbonyl (C=O) groups is 2. The van der Waals surface area contributed by atoms with Crippen LogP contribution < -0.4 is 16.2 Å². The number of ether oxygens (including phenoxy) is 3. The number of hydrogen-bond donors (Lipinski definition) is 2. The first kappa shape index (κ1) is 17.1. The maximum atomic E-state index is 10.5. The van der Waals surface area contributed by atoms with Crippen LogP contribution >= 0.6 is 0 Å². The number of benzene rings is 1. The predicted molar refractivity (Wildman–Crippen MR) is 82.0 cm³/mol. The normalized spacial score (nSPS) is 10.2. The summed E-state index contributed by atoms with van der Waals surface area (Å²) in [4.78, 5) is 20.9. The molecule has 128 valence electrons. The Morgan fingerprint density at radius 1 is 1.04 bits per heavy atom. The van der Waals surface area contributed by atoms with Crippen molar-refractivity contribution in [3.63, 3.8) is 0 Å². The molecule has 0 radical (unpaired) electrons. The third-order valence-electron chi connectivity index (χ3n) is 2.87. The summed E-state index contributed by atoms with van der Waals surface area (Å²) in [6.45, 7) is 0.532. The number of amides is 2. The number of hydrogen-bond acceptors (Lipinski definition) is 7. The van der Waals surface area contributed by atoms with Gasteiger partial charge in [-0.2, -0.15) is 0 Å². The van der Waals surface area contributed by atoms with Gasteiger partial charge in [-0.05, 0) is 24.3 Å². The quantitative estimate of drug-likeness (QED) is 0.701. The van der Waals surface area contributed by atoms with E-state index in [1.54, 1.807) is 18.2 Å². The molecule has 0 aliphatic rings. The molecule has 4 N–H and O–H groups in total. The molecule has 0 bridgehead atoms. The molecule has 1 aromatic heterocycles. The van der Waals surface area contributed by atoms with Gasteiger partial charge in [-0.25, -0.2) is 9.59 Å². The van der Waals surface area contributed by atoms with Gasteiger partial charge in [0.1, 0.15) is 11.4 Å². The summed E-state index contributed by atoms with van der Waals surface area (Å²) in [5, 5.41) is 3.89. The Labute approximate surface area is 137 Å². The maximum Gasteiger partial charge on any atom is 0.404 e. The predicted octanol–water partition coefficient (Wildman–Crippen LogP) is 1.80. The van der Waals surface area contributed by atoms with Gasteiger partial charge in [-0.15, -0.1) is 0 Å². The second kappa shape index (κ2) is 8.42. The maximum absolute atomic E-state index is 10.5. The molecule has 2 amide bonds. The molecule has 0 fully saturated rings. The molecule has 24 heavy (non-hydrogen) atoms. The molecule has 9 nitrogen and oxygen atoms in total. The van der Waals surface area contributed by atoms with Crippen LogP contribution in [0.3, 0.4) is 0 Å². The van der Waals surface area contributed by atoms with Crippen molar-refractivity contribution >= 4 is 12.2 Å². The Morgan fingerprint density at radius 3 is 2.42 bits per heavy atom. The number of primary amides is 2. The van der Waals surface area contributed by atoms with Crippen LogP contribution in [0.5, 0.6) is 5.75 Å². The van der Waals surface area contributed by atoms with Crippen molar-refractivity contribution in [1.29, 1.82) is 0 Å². The van der Waals surface area contributed by atoms with Gasteiger partial charge in [0, 0.05) is 18.1 Å². The summed E-state index contributed by atoms with van der Waals surface area (Å²) >= 11 is 0. The Morgan fingerprint density at radius 2 is 1.75 bits per heavy atom. The van der Waals surface area contributed by atoms with Gasteiger partial charge < -0.3 is 30.2 Å². The van der Waals surface area contributed by atoms with Crippen LogP contribution in [0.4, 0.5) is 9.59 Å². The molecule has 0 spiro atoms. The zero-order chi connectivity index (χ0) is 17.4. The van der Waals surface area contributed by atoms with Crippen molar-refractivity contribution in [1.82, 2.24) is 5.16 Å². The molecule has 2 aromatic rings. The minimum absolute atomic E-state index is 0.0725. The number of rotatable bonds is 8. The molecule has 0 saturated carbocycles. The number of nitrogens with two attached hydrogens (primary N) is 2. The number of aromatic nitrogens is 1. The van der Waals surface area contributed by atoms with E-state index in [0.29, 0.717) is 30.2 Å². The van der Waals surface area contributed by atoms with Crippen molar-refractivity contribution < 1.29 is 28.3 Å². The number of nitrogens with zero attached hydrogens (tertiary/aromatic N) is 1. The van der Waals surface area contributed by atoms with Crippen LogP contribution in [0.15, 0.2) is 34.9 Å². The van der Waals surface area contributed by atoms with E-state index in [-0.39, 0.29) is 13.2 Å². The first-order valence-corrected chi connectivity index (χ1v) is 7.08. The smallest absolute Gasteiger partial charge is 0.404 e. The van der Waals surface area contributed by atoms with Crippen molar-refractivity contribution in [2.45, 2.75) is 13.0 Å². The highest BCUT2D eigenvalue weighted by Crippen LogP contribution is 2.22. The van der Waals surface area contributed by atoms with Gasteiger partial charge in [0.25, 0.3) is 0 Å². The van der Waals surface area contributed by atoms with Gasteiger partial charge in [0.2, 0.25) is 0 Å². The second-order valence-corrected chi connectivity index (χ2v) is 4.68. The molecule has 0 aliphatic heterocycles. The average molecular weight is 335 g/mol. The minimum atomic E-state index is -0.879. The summed E-state index contributed by atoms with van der Waals surface area (Å²) in [5.41, 5.74) is 11.1. The monoisotopic (exact) mass is 335 g/mol. The first-order chi connectivity index (χ1) is 11.5. The van der Waals surface area contributed by atoms with E-state index >= 15 is 0 Å². The Balaban J connectivity index is 1.83. The van der Waals surface area contributed by atoms with Gasteiger partial charge in [-0.3, -0.25) is 0 Å². The van der Waals surface area contributed by atoms with E-state index in [1.165, 1.54) is 0 Å². The van der Waals surface area contributed by atoms with Crippen LogP contribution in [0.2, 0.25) is 0 Å². The molecule has 0 unspecified atom stereocenters. The first-order valence-electron chi connectivity index (χ1n) is 7.08. The van der Waals surface area contributed by atoms with E-state index in [9.17, 15) is 9.59 Å². The lowest BCUT2D eigenvalue weighted by Gasteiger charge is -2.06. The van der Waals surface area contributed by atoms with Crippen molar-refractivity contribution in [3.05, 3.63) is 36.1 Å². The Hall–Kier alpha value is -3.23. The minimum Gasteiger partial charge on any atom is -0.493 e. The van der Waals surface area contributed by atoms with Crippen LogP contribution in [0, 0.1) is 0 Å². The fourth-order valence-corrected chi connectivity index (χ4v) is 1.80. The van der Waals surface area contributed by atoms with Crippen molar-refractivity contribution in [2.24, 2.45) is 11.5 Å². The van der Waals surface area contributed by atoms with Crippen molar-refractivity contribution in [3.8, 4) is 17.0 Å². The fourth-order valence-electron chi connectivity index (χ4n) is 1.80. The molecule has 1 aromatic carbocycles. The highest BCUT2D eigenvalue weighted by molar-refractivity contribution is 5.65. The van der Waals surface area contributed by atoms with E-state index < -0.39 is 12.2 Å². The van der Waals surface area contributed by atoms with Gasteiger partial charge in [0.05, 0.1) is 13.2 Å². The highest BCUT2D eigenvalue weighted by Gasteiger charge is 2.08. The third-order valence-corrected chi connectivity index (χ3v) is 2.87.